The second-order valence-electron chi connectivity index (χ2n) is 7.36. The van der Waals surface area contributed by atoms with Gasteiger partial charge in [0.05, 0.1) is 41.2 Å². The Morgan fingerprint density at radius 2 is 1.94 bits per heavy atom. The molecule has 32 heavy (non-hydrogen) atoms. The third-order valence-corrected chi connectivity index (χ3v) is 4.95. The molecule has 0 spiro atoms. The lowest BCUT2D eigenvalue weighted by Crippen LogP contribution is -2.40. The van der Waals surface area contributed by atoms with Crippen molar-refractivity contribution in [1.82, 2.24) is 15.3 Å². The lowest BCUT2D eigenvalue weighted by Gasteiger charge is -2.19. The van der Waals surface area contributed by atoms with E-state index in [0.717, 1.165) is 5.56 Å². The number of halogens is 2. The van der Waals surface area contributed by atoms with Gasteiger partial charge in [-0.15, -0.1) is 0 Å². The van der Waals surface area contributed by atoms with E-state index in [2.05, 4.69) is 32.7 Å². The monoisotopic (exact) mass is 456 g/mol. The van der Waals surface area contributed by atoms with Gasteiger partial charge in [0, 0.05) is 29.8 Å². The van der Waals surface area contributed by atoms with Crippen LogP contribution in [-0.2, 0) is 0 Å². The number of anilines is 2. The van der Waals surface area contributed by atoms with E-state index < -0.39 is 31.0 Å². The number of hydrogen-bond donors (Lipinski definition) is 4. The number of nitrogens with zero attached hydrogens (tertiary/aromatic N) is 2. The van der Waals surface area contributed by atoms with Crippen molar-refractivity contribution in [2.75, 3.05) is 18.5 Å². The van der Waals surface area contributed by atoms with Gasteiger partial charge in [0.1, 0.15) is 0 Å². The van der Waals surface area contributed by atoms with Crippen molar-refractivity contribution in [2.45, 2.75) is 25.8 Å². The molecule has 0 aliphatic heterocycles. The molecule has 2 heterocycles. The first-order chi connectivity index (χ1) is 15.3. The predicted octanol–water partition coefficient (Wildman–Crippen LogP) is 3.49. The largest absolute Gasteiger partial charge is 0.394 e. The van der Waals surface area contributed by atoms with Crippen molar-refractivity contribution in [1.29, 1.82) is 0 Å². The molecule has 7 nitrogen and oxygen atoms in total. The van der Waals surface area contributed by atoms with Gasteiger partial charge in [-0.2, -0.15) is 4.39 Å². The molecule has 0 fully saturated rings. The molecule has 0 unspecified atom stereocenters. The van der Waals surface area contributed by atoms with Crippen LogP contribution in [0.25, 0.3) is 11.3 Å². The Kier molecular flexibility index (Phi) is 7.59. The second-order valence-corrected chi connectivity index (χ2v) is 7.77. The molecule has 0 atom stereocenters. The first-order valence-electron chi connectivity index (χ1n) is 9.87. The molecule has 0 radical (unpaired) electrons. The summed E-state index contributed by atoms with van der Waals surface area (Å²) in [6, 6.07) is 8.73. The number of aromatic nitrogens is 2. The van der Waals surface area contributed by atoms with Crippen LogP contribution in [0.3, 0.4) is 0 Å². The van der Waals surface area contributed by atoms with Crippen LogP contribution >= 0.6 is 11.6 Å². The Bertz CT molecular complexity index is 1110. The molecule has 0 saturated heterocycles. The molecule has 166 valence electrons. The van der Waals surface area contributed by atoms with Crippen LogP contribution in [0.15, 0.2) is 36.8 Å². The normalized spacial score (nSPS) is 10.9. The molecule has 2 aromatic heterocycles. The van der Waals surface area contributed by atoms with Gasteiger partial charge in [-0.25, -0.2) is 0 Å². The molecular formula is C23H22ClFN4O3. The fraction of sp³-hybridized carbons (Fsp3) is 0.261. The van der Waals surface area contributed by atoms with Crippen molar-refractivity contribution < 1.29 is 19.4 Å². The summed E-state index contributed by atoms with van der Waals surface area (Å²) in [6.45, 7) is 3.15. The standard InChI is InChI=1S/C23H22ClFN4O3/c1-13(2)17-10-27-21(16-7-14(24)3-4-19(16)25)8-22(17)29-20-5-6-26-9-18(20)23(32)28-15(11-30)12-31/h5-10,13,15,30-31H,11-12H2,1-2H3,(H,28,32)(H,26,27,29). The third-order valence-electron chi connectivity index (χ3n) is 4.74. The van der Waals surface area contributed by atoms with Gasteiger partial charge >= 0.3 is 0 Å². The second kappa shape index (κ2) is 10.4. The summed E-state index contributed by atoms with van der Waals surface area (Å²) in [5.41, 5.74) is 2.63. The number of pyridine rings is 2. The van der Waals surface area contributed by atoms with Crippen molar-refractivity contribution in [2.24, 2.45) is 0 Å². The number of carbonyl (C=O) groups excluding carboxylic acids is 1. The Labute approximate surface area is 190 Å². The van der Waals surface area contributed by atoms with E-state index in [1.165, 1.54) is 18.5 Å². The van der Waals surface area contributed by atoms with Crippen LogP contribution < -0.4 is 10.6 Å². The average molecular weight is 457 g/mol. The van der Waals surface area contributed by atoms with Crippen LogP contribution in [0, 0.1) is 17.9 Å². The maximum Gasteiger partial charge on any atom is 0.255 e. The number of aliphatic hydroxyl groups excluding tert-OH is 2. The van der Waals surface area contributed by atoms with Gasteiger partial charge in [0.2, 0.25) is 0 Å². The highest BCUT2D eigenvalue weighted by Crippen LogP contribution is 2.32. The third kappa shape index (κ3) is 5.32. The summed E-state index contributed by atoms with van der Waals surface area (Å²) < 4.78 is 14.3. The average Bonchev–Trinajstić information content (AvgIpc) is 2.79. The minimum Gasteiger partial charge on any atom is -0.394 e. The molecule has 0 aliphatic carbocycles. The van der Waals surface area contributed by atoms with Gasteiger partial charge in [-0.1, -0.05) is 25.4 Å². The van der Waals surface area contributed by atoms with Crippen LogP contribution in [0.2, 0.25) is 5.02 Å². The van der Waals surface area contributed by atoms with Crippen molar-refractivity contribution >= 4 is 28.9 Å². The Morgan fingerprint density at radius 3 is 2.62 bits per heavy atom. The number of aliphatic hydroxyl groups is 2. The van der Waals surface area contributed by atoms with Crippen molar-refractivity contribution in [3.05, 3.63) is 70.9 Å². The number of hydrogen-bond acceptors (Lipinski definition) is 6. The molecule has 9 heteroatoms. The SMILES string of the molecule is CC(C)c1cnc(-c2cc(Cl)c#cc2F)cc1Nc1ccncc1C(=O)NC(CO)CO. The lowest BCUT2D eigenvalue weighted by atomic mass is 10.0. The van der Waals surface area contributed by atoms with E-state index in [9.17, 15) is 19.4 Å². The molecule has 4 N–H and O–H groups in total. The highest BCUT2D eigenvalue weighted by molar-refractivity contribution is 6.30. The minimum atomic E-state index is -0.798. The van der Waals surface area contributed by atoms with E-state index in [1.54, 1.807) is 18.3 Å². The van der Waals surface area contributed by atoms with Crippen LogP contribution in [0.4, 0.5) is 15.8 Å². The van der Waals surface area contributed by atoms with Gasteiger partial charge in [-0.3, -0.25) is 14.8 Å². The number of amides is 1. The summed E-state index contributed by atoms with van der Waals surface area (Å²) in [7, 11) is 0. The van der Waals surface area contributed by atoms with E-state index in [0.29, 0.717) is 17.1 Å². The molecule has 0 aliphatic rings. The molecule has 1 amide bonds. The van der Waals surface area contributed by atoms with Crippen LogP contribution in [-0.4, -0.2) is 45.3 Å². The van der Waals surface area contributed by atoms with Gasteiger partial charge in [0.25, 0.3) is 5.91 Å². The number of rotatable bonds is 8. The van der Waals surface area contributed by atoms with Crippen molar-refractivity contribution in [3.8, 4) is 11.3 Å². The summed E-state index contributed by atoms with van der Waals surface area (Å²) >= 11 is 5.96. The van der Waals surface area contributed by atoms with Gasteiger partial charge in [0.15, 0.2) is 5.82 Å². The molecule has 3 rings (SSSR count). The number of carbonyl (C=O) groups is 1. The maximum absolute atomic E-state index is 14.3. The first kappa shape index (κ1) is 23.4. The Morgan fingerprint density at radius 1 is 1.19 bits per heavy atom. The van der Waals surface area contributed by atoms with Crippen LogP contribution in [0.5, 0.6) is 0 Å². The first-order valence-corrected chi connectivity index (χ1v) is 10.2. The Balaban J connectivity index is 2.02. The van der Waals surface area contributed by atoms with Crippen molar-refractivity contribution in [3.63, 3.8) is 0 Å². The summed E-state index contributed by atoms with van der Waals surface area (Å²) in [4.78, 5) is 21.1. The molecule has 3 aromatic rings. The fourth-order valence-corrected chi connectivity index (χ4v) is 3.17. The smallest absolute Gasteiger partial charge is 0.255 e. The van der Waals surface area contributed by atoms with Crippen LogP contribution in [0.1, 0.15) is 35.7 Å². The van der Waals surface area contributed by atoms with E-state index in [4.69, 9.17) is 11.6 Å². The summed E-state index contributed by atoms with van der Waals surface area (Å²) in [5.74, 6) is -1.07. The number of nitrogens with one attached hydrogen (secondary N) is 2. The van der Waals surface area contributed by atoms with E-state index >= 15 is 0 Å². The molecule has 0 saturated carbocycles. The summed E-state index contributed by atoms with van der Waals surface area (Å²) in [6.07, 6.45) is 4.54. The van der Waals surface area contributed by atoms with E-state index in [1.807, 2.05) is 13.8 Å². The topological polar surface area (TPSA) is 107 Å². The highest BCUT2D eigenvalue weighted by Gasteiger charge is 2.18. The molecular weight excluding hydrogens is 435 g/mol. The molecule has 1 aromatic carbocycles. The van der Waals surface area contributed by atoms with E-state index in [-0.39, 0.29) is 22.1 Å². The highest BCUT2D eigenvalue weighted by atomic mass is 35.5. The minimum absolute atomic E-state index is 0.0791. The predicted molar refractivity (Wildman–Crippen MR) is 119 cm³/mol. The zero-order chi connectivity index (χ0) is 23.3. The maximum atomic E-state index is 14.3. The molecule has 0 bridgehead atoms. The van der Waals surface area contributed by atoms with Gasteiger partial charge in [-0.05, 0) is 41.8 Å². The Hall–Kier alpha value is -3.25. The van der Waals surface area contributed by atoms with Gasteiger partial charge < -0.3 is 20.8 Å². The fourth-order valence-electron chi connectivity index (χ4n) is 3.02. The zero-order valence-corrected chi connectivity index (χ0v) is 18.2. The zero-order valence-electron chi connectivity index (χ0n) is 17.5. The lowest BCUT2D eigenvalue weighted by molar-refractivity contribution is 0.0880. The summed E-state index contributed by atoms with van der Waals surface area (Å²) in [5, 5.41) is 24.5. The quantitative estimate of drug-likeness (QED) is 0.413.